The van der Waals surface area contributed by atoms with Gasteiger partial charge in [-0.15, -0.1) is 5.10 Å². The van der Waals surface area contributed by atoms with Crippen LogP contribution in [0.5, 0.6) is 0 Å². The van der Waals surface area contributed by atoms with Crippen LogP contribution in [0, 0.1) is 0 Å². The summed E-state index contributed by atoms with van der Waals surface area (Å²) in [5.41, 5.74) is 5.24. The Morgan fingerprint density at radius 1 is 1.73 bits per heavy atom. The summed E-state index contributed by atoms with van der Waals surface area (Å²) in [5.74, 6) is 0.890. The summed E-state index contributed by atoms with van der Waals surface area (Å²) in [6.45, 7) is 2.77. The van der Waals surface area contributed by atoms with E-state index in [1.807, 2.05) is 6.92 Å². The van der Waals surface area contributed by atoms with E-state index in [0.717, 1.165) is 6.54 Å². The average Bonchev–Trinajstić information content (AvgIpc) is 2.41. The SMILES string of the molecule is CCNc1n[nH]c(N)n1.P=S. The van der Waals surface area contributed by atoms with Gasteiger partial charge in [0.2, 0.25) is 11.9 Å². The first kappa shape index (κ1) is 10.3. The van der Waals surface area contributed by atoms with Gasteiger partial charge < -0.3 is 11.1 Å². The van der Waals surface area contributed by atoms with Crippen LogP contribution in [0.1, 0.15) is 6.92 Å². The maximum atomic E-state index is 5.24. The molecule has 0 aliphatic carbocycles. The van der Waals surface area contributed by atoms with E-state index in [0.29, 0.717) is 11.9 Å². The minimum Gasteiger partial charge on any atom is -0.368 e. The van der Waals surface area contributed by atoms with E-state index in [9.17, 15) is 0 Å². The lowest BCUT2D eigenvalue weighted by molar-refractivity contribution is 1.07. The highest BCUT2D eigenvalue weighted by Gasteiger charge is 1.93. The van der Waals surface area contributed by atoms with E-state index >= 15 is 0 Å². The van der Waals surface area contributed by atoms with Crippen LogP contribution in [0.15, 0.2) is 0 Å². The molecule has 5 nitrogen and oxygen atoms in total. The molecule has 1 heterocycles. The van der Waals surface area contributed by atoms with Crippen molar-refractivity contribution in [3.8, 4) is 0 Å². The van der Waals surface area contributed by atoms with Crippen LogP contribution in [-0.2, 0) is 11.8 Å². The van der Waals surface area contributed by atoms with Crippen LogP contribution >= 0.6 is 8.02 Å². The van der Waals surface area contributed by atoms with E-state index in [1.54, 1.807) is 0 Å². The first-order valence-electron chi connectivity index (χ1n) is 2.95. The van der Waals surface area contributed by atoms with Crippen molar-refractivity contribution in [3.05, 3.63) is 0 Å². The van der Waals surface area contributed by atoms with Gasteiger partial charge in [-0.1, -0.05) is 11.8 Å². The smallest absolute Gasteiger partial charge is 0.243 e. The van der Waals surface area contributed by atoms with Gasteiger partial charge in [0.05, 0.1) is 0 Å². The monoisotopic (exact) mass is 191 g/mol. The second-order valence-electron chi connectivity index (χ2n) is 1.57. The van der Waals surface area contributed by atoms with Crippen molar-refractivity contribution in [2.45, 2.75) is 6.92 Å². The molecule has 7 heteroatoms. The molecule has 0 saturated carbocycles. The highest BCUT2D eigenvalue weighted by molar-refractivity contribution is 7.88. The molecule has 62 valence electrons. The van der Waals surface area contributed by atoms with Crippen molar-refractivity contribution in [3.63, 3.8) is 0 Å². The minimum absolute atomic E-state index is 0.339. The number of aromatic nitrogens is 3. The van der Waals surface area contributed by atoms with Gasteiger partial charge in [-0.25, -0.2) is 5.10 Å². The third-order valence-corrected chi connectivity index (χ3v) is 0.838. The van der Waals surface area contributed by atoms with Crippen molar-refractivity contribution < 1.29 is 0 Å². The fraction of sp³-hybridized carbons (Fsp3) is 0.500. The Labute approximate surface area is 72.0 Å². The van der Waals surface area contributed by atoms with Gasteiger partial charge in [0.15, 0.2) is 0 Å². The molecule has 0 saturated heterocycles. The zero-order chi connectivity index (χ0) is 8.69. The van der Waals surface area contributed by atoms with Gasteiger partial charge in [0, 0.05) is 6.54 Å². The van der Waals surface area contributed by atoms with Crippen molar-refractivity contribution in [2.24, 2.45) is 0 Å². The fourth-order valence-corrected chi connectivity index (χ4v) is 0.511. The zero-order valence-corrected chi connectivity index (χ0v) is 7.90. The van der Waals surface area contributed by atoms with E-state index in [1.165, 1.54) is 0 Å². The maximum absolute atomic E-state index is 5.24. The third kappa shape index (κ3) is 3.85. The summed E-state index contributed by atoms with van der Waals surface area (Å²) in [4.78, 5) is 3.80. The molecule has 0 radical (unpaired) electrons. The number of rotatable bonds is 2. The highest BCUT2D eigenvalue weighted by Crippen LogP contribution is 1.96. The van der Waals surface area contributed by atoms with Crippen molar-refractivity contribution in [1.82, 2.24) is 15.2 Å². The van der Waals surface area contributed by atoms with Gasteiger partial charge >= 0.3 is 0 Å². The van der Waals surface area contributed by atoms with E-state index in [-0.39, 0.29) is 0 Å². The summed E-state index contributed by atoms with van der Waals surface area (Å²) in [7, 11) is 2.56. The topological polar surface area (TPSA) is 79.6 Å². The molecule has 4 N–H and O–H groups in total. The van der Waals surface area contributed by atoms with Crippen molar-refractivity contribution in [2.75, 3.05) is 17.6 Å². The lowest BCUT2D eigenvalue weighted by atomic mass is 10.7. The van der Waals surface area contributed by atoms with Crippen molar-refractivity contribution >= 4 is 31.7 Å². The van der Waals surface area contributed by atoms with E-state index < -0.39 is 0 Å². The summed E-state index contributed by atoms with van der Waals surface area (Å²) < 4.78 is 0. The lowest BCUT2D eigenvalue weighted by Gasteiger charge is -1.90. The van der Waals surface area contributed by atoms with Crippen molar-refractivity contribution in [1.29, 1.82) is 0 Å². The maximum Gasteiger partial charge on any atom is 0.243 e. The van der Waals surface area contributed by atoms with E-state index in [2.05, 4.69) is 40.3 Å². The van der Waals surface area contributed by atoms with Crippen LogP contribution in [-0.4, -0.2) is 21.7 Å². The Balaban J connectivity index is 0.000000461. The first-order chi connectivity index (χ1) is 5.33. The normalized spacial score (nSPS) is 8.09. The quantitative estimate of drug-likeness (QED) is 0.590. The molecule has 0 bridgehead atoms. The standard InChI is InChI=1S/C4H9N5.HPS/c1-2-6-4-7-3(5)8-9-4;1-2/h2H2,1H3,(H4,5,6,7,8,9);1H. The molecule has 11 heavy (non-hydrogen) atoms. The van der Waals surface area contributed by atoms with Crippen LogP contribution in [0.3, 0.4) is 0 Å². The molecule has 0 aliphatic heterocycles. The number of nitrogens with two attached hydrogens (primary N) is 1. The number of anilines is 2. The molecule has 0 spiro atoms. The Bertz CT molecular complexity index is 202. The molecule has 1 aromatic heterocycles. The highest BCUT2D eigenvalue weighted by atomic mass is 32.4. The number of nitrogens with one attached hydrogen (secondary N) is 2. The van der Waals surface area contributed by atoms with Gasteiger partial charge in [0.1, 0.15) is 0 Å². The number of nitrogen functional groups attached to an aromatic ring is 1. The fourth-order valence-electron chi connectivity index (χ4n) is 0.511. The molecule has 0 unspecified atom stereocenters. The average molecular weight is 191 g/mol. The van der Waals surface area contributed by atoms with Gasteiger partial charge in [0.25, 0.3) is 0 Å². The second-order valence-corrected chi connectivity index (χ2v) is 1.57. The zero-order valence-electron chi connectivity index (χ0n) is 6.09. The number of H-pyrrole nitrogens is 1. The van der Waals surface area contributed by atoms with Gasteiger partial charge in [-0.3, -0.25) is 0 Å². The molecule has 0 amide bonds. The second kappa shape index (κ2) is 6.00. The molecular weight excluding hydrogens is 181 g/mol. The summed E-state index contributed by atoms with van der Waals surface area (Å²) in [6.07, 6.45) is 0. The molecule has 1 rings (SSSR count). The predicted octanol–water partition coefficient (Wildman–Crippen LogP) is 0.410. The number of nitrogens with zero attached hydrogens (tertiary/aromatic N) is 2. The van der Waals surface area contributed by atoms with Crippen LogP contribution in [0.4, 0.5) is 11.9 Å². The molecule has 0 fully saturated rings. The largest absolute Gasteiger partial charge is 0.368 e. The van der Waals surface area contributed by atoms with E-state index in [4.69, 9.17) is 5.73 Å². The third-order valence-electron chi connectivity index (χ3n) is 0.838. The number of aromatic amines is 1. The number of hydrogen-bond donors (Lipinski definition) is 3. The summed E-state index contributed by atoms with van der Waals surface area (Å²) >= 11 is 3.89. The molecule has 0 atom stereocenters. The molecule has 1 aromatic rings. The van der Waals surface area contributed by atoms with Crippen LogP contribution < -0.4 is 11.1 Å². The predicted molar refractivity (Wildman–Crippen MR) is 50.6 cm³/mol. The molecular formula is C4H10N5PS. The van der Waals surface area contributed by atoms with Gasteiger partial charge in [-0.2, -0.15) is 4.98 Å². The molecule has 0 aromatic carbocycles. The Morgan fingerprint density at radius 2 is 2.36 bits per heavy atom. The minimum atomic E-state index is 0.339. The van der Waals surface area contributed by atoms with Gasteiger partial charge in [-0.05, 0) is 14.9 Å². The molecule has 0 aliphatic rings. The summed E-state index contributed by atoms with van der Waals surface area (Å²) in [6, 6.07) is 0. The van der Waals surface area contributed by atoms with Crippen LogP contribution in [0.2, 0.25) is 0 Å². The Kier molecular flexibility index (Phi) is 5.60. The Morgan fingerprint density at radius 3 is 2.73 bits per heavy atom. The first-order valence-corrected chi connectivity index (χ1v) is 4.58. The number of hydrogen-bond acceptors (Lipinski definition) is 5. The van der Waals surface area contributed by atoms with Crippen LogP contribution in [0.25, 0.3) is 0 Å². The Hall–Kier alpha value is -0.740. The lowest BCUT2D eigenvalue weighted by Crippen LogP contribution is -1.97. The summed E-state index contributed by atoms with van der Waals surface area (Å²) in [5, 5.41) is 9.14.